The van der Waals surface area contributed by atoms with Crippen LogP contribution < -0.4 is 0 Å². The Morgan fingerprint density at radius 3 is 2.36 bits per heavy atom. The van der Waals surface area contributed by atoms with Crippen LogP contribution in [0.15, 0.2) is 40.9 Å². The smallest absolute Gasteiger partial charge is 0.228 e. The molecule has 5 nitrogen and oxygen atoms in total. The lowest BCUT2D eigenvalue weighted by molar-refractivity contribution is -0.141. The van der Waals surface area contributed by atoms with Gasteiger partial charge in [0, 0.05) is 37.2 Å². The molecule has 1 aromatic carbocycles. The number of carbonyl (C=O) groups is 1. The summed E-state index contributed by atoms with van der Waals surface area (Å²) in [5.41, 5.74) is 0.718. The van der Waals surface area contributed by atoms with E-state index in [4.69, 9.17) is 4.42 Å². The molecule has 1 atom stereocenters. The minimum absolute atomic E-state index is 0.101. The summed E-state index contributed by atoms with van der Waals surface area (Å²) < 4.78 is 5.98. The summed E-state index contributed by atoms with van der Waals surface area (Å²) in [6.45, 7) is 11.2. The highest BCUT2D eigenvalue weighted by Gasteiger charge is 2.31. The lowest BCUT2D eigenvalue weighted by atomic mass is 9.94. The first-order valence-corrected chi connectivity index (χ1v) is 8.91. The van der Waals surface area contributed by atoms with Crippen molar-refractivity contribution in [3.05, 3.63) is 42.4 Å². The monoisotopic (exact) mass is 341 g/mol. The van der Waals surface area contributed by atoms with Gasteiger partial charge in [-0.2, -0.15) is 0 Å². The zero-order valence-electron chi connectivity index (χ0n) is 15.5. The largest absolute Gasteiger partial charge is 0.439 e. The van der Waals surface area contributed by atoms with Crippen molar-refractivity contribution in [3.8, 4) is 11.3 Å². The summed E-state index contributed by atoms with van der Waals surface area (Å²) in [5.74, 6) is 1.75. The van der Waals surface area contributed by atoms with E-state index in [1.165, 1.54) is 0 Å². The number of aromatic nitrogens is 1. The third-order valence-electron chi connectivity index (χ3n) is 4.73. The van der Waals surface area contributed by atoms with Crippen LogP contribution in [0.3, 0.4) is 0 Å². The number of rotatable bonds is 3. The zero-order valence-corrected chi connectivity index (χ0v) is 15.5. The predicted molar refractivity (Wildman–Crippen MR) is 98.0 cm³/mol. The minimum Gasteiger partial charge on any atom is -0.439 e. The molecule has 0 saturated carbocycles. The second-order valence-corrected chi connectivity index (χ2v) is 7.68. The van der Waals surface area contributed by atoms with Gasteiger partial charge in [-0.3, -0.25) is 9.69 Å². The molecule has 2 aromatic rings. The topological polar surface area (TPSA) is 49.6 Å². The van der Waals surface area contributed by atoms with Crippen LogP contribution in [0, 0.1) is 5.41 Å². The van der Waals surface area contributed by atoms with Crippen molar-refractivity contribution in [2.75, 3.05) is 26.2 Å². The standard InChI is InChI=1S/C20H27N3O2/c1-15(18-21-14-17(25-18)16-8-6-5-7-9-16)22-10-12-23(13-11-22)19(24)20(2,3)4/h5-9,14-15H,10-13H2,1-4H3. The highest BCUT2D eigenvalue weighted by molar-refractivity contribution is 5.81. The number of nitrogens with zero attached hydrogens (tertiary/aromatic N) is 3. The number of benzene rings is 1. The maximum atomic E-state index is 12.4. The SMILES string of the molecule is CC(c1ncc(-c2ccccc2)o1)N1CCN(C(=O)C(C)(C)C)CC1. The van der Waals surface area contributed by atoms with Gasteiger partial charge in [0.15, 0.2) is 5.76 Å². The lowest BCUT2D eigenvalue weighted by Crippen LogP contribution is -2.52. The lowest BCUT2D eigenvalue weighted by Gasteiger charge is -2.39. The van der Waals surface area contributed by atoms with Gasteiger partial charge in [0.2, 0.25) is 11.8 Å². The second kappa shape index (κ2) is 7.00. The van der Waals surface area contributed by atoms with Crippen LogP contribution in [0.5, 0.6) is 0 Å². The number of hydrogen-bond acceptors (Lipinski definition) is 4. The Bertz CT molecular complexity index is 710. The highest BCUT2D eigenvalue weighted by Crippen LogP contribution is 2.27. The molecule has 1 unspecified atom stereocenters. The fourth-order valence-corrected chi connectivity index (χ4v) is 3.16. The van der Waals surface area contributed by atoms with Crippen LogP contribution >= 0.6 is 0 Å². The molecule has 0 N–H and O–H groups in total. The second-order valence-electron chi connectivity index (χ2n) is 7.68. The average molecular weight is 341 g/mol. The fraction of sp³-hybridized carbons (Fsp3) is 0.500. The van der Waals surface area contributed by atoms with Crippen molar-refractivity contribution in [1.82, 2.24) is 14.8 Å². The van der Waals surface area contributed by atoms with Crippen molar-refractivity contribution in [2.45, 2.75) is 33.7 Å². The molecule has 134 valence electrons. The average Bonchev–Trinajstić information content (AvgIpc) is 3.11. The molecule has 1 aromatic heterocycles. The quantitative estimate of drug-likeness (QED) is 0.856. The van der Waals surface area contributed by atoms with Gasteiger partial charge in [-0.15, -0.1) is 0 Å². The van der Waals surface area contributed by atoms with E-state index in [-0.39, 0.29) is 17.4 Å². The number of carbonyl (C=O) groups excluding carboxylic acids is 1. The summed E-state index contributed by atoms with van der Waals surface area (Å²) in [6, 6.07) is 10.1. The first-order chi connectivity index (χ1) is 11.9. The van der Waals surface area contributed by atoms with Gasteiger partial charge in [0.05, 0.1) is 12.2 Å². The van der Waals surface area contributed by atoms with E-state index in [0.717, 1.165) is 43.4 Å². The Labute approximate surface area is 149 Å². The summed E-state index contributed by atoms with van der Waals surface area (Å²) >= 11 is 0. The van der Waals surface area contributed by atoms with Gasteiger partial charge < -0.3 is 9.32 Å². The third kappa shape index (κ3) is 3.93. The molecule has 0 spiro atoms. The Morgan fingerprint density at radius 1 is 1.12 bits per heavy atom. The summed E-state index contributed by atoms with van der Waals surface area (Å²) in [5, 5.41) is 0. The van der Waals surface area contributed by atoms with Crippen molar-refractivity contribution >= 4 is 5.91 Å². The molecule has 2 heterocycles. The molecule has 0 bridgehead atoms. The maximum Gasteiger partial charge on any atom is 0.228 e. The first kappa shape index (κ1) is 17.7. The van der Waals surface area contributed by atoms with Crippen molar-refractivity contribution < 1.29 is 9.21 Å². The number of oxazole rings is 1. The molecule has 1 aliphatic rings. The first-order valence-electron chi connectivity index (χ1n) is 8.91. The Balaban J connectivity index is 1.63. The Morgan fingerprint density at radius 2 is 1.76 bits per heavy atom. The molecule has 5 heteroatoms. The van der Waals surface area contributed by atoms with E-state index in [0.29, 0.717) is 0 Å². The molecule has 0 aliphatic carbocycles. The zero-order chi connectivity index (χ0) is 18.0. The minimum atomic E-state index is -0.319. The number of amides is 1. The summed E-state index contributed by atoms with van der Waals surface area (Å²) in [4.78, 5) is 21.2. The van der Waals surface area contributed by atoms with Crippen molar-refractivity contribution in [1.29, 1.82) is 0 Å². The van der Waals surface area contributed by atoms with Gasteiger partial charge in [0.25, 0.3) is 0 Å². The van der Waals surface area contributed by atoms with Gasteiger partial charge in [0.1, 0.15) is 0 Å². The van der Waals surface area contributed by atoms with E-state index < -0.39 is 0 Å². The van der Waals surface area contributed by atoms with Gasteiger partial charge in [-0.05, 0) is 6.92 Å². The van der Waals surface area contributed by atoms with Gasteiger partial charge in [-0.25, -0.2) is 4.98 Å². The van der Waals surface area contributed by atoms with Crippen LogP contribution in [0.2, 0.25) is 0 Å². The van der Waals surface area contributed by atoms with Crippen LogP contribution in [0.1, 0.15) is 39.6 Å². The molecule has 3 rings (SSSR count). The molecular formula is C20H27N3O2. The summed E-state index contributed by atoms with van der Waals surface area (Å²) in [6.07, 6.45) is 1.79. The van der Waals surface area contributed by atoms with E-state index >= 15 is 0 Å². The fourth-order valence-electron chi connectivity index (χ4n) is 3.16. The van der Waals surface area contributed by atoms with Crippen molar-refractivity contribution in [3.63, 3.8) is 0 Å². The van der Waals surface area contributed by atoms with Crippen LogP contribution in [0.4, 0.5) is 0 Å². The number of piperazine rings is 1. The molecule has 1 aliphatic heterocycles. The molecular weight excluding hydrogens is 314 g/mol. The maximum absolute atomic E-state index is 12.4. The number of hydrogen-bond donors (Lipinski definition) is 0. The predicted octanol–water partition coefficient (Wildman–Crippen LogP) is 3.59. The Hall–Kier alpha value is -2.14. The van der Waals surface area contributed by atoms with Crippen molar-refractivity contribution in [2.24, 2.45) is 5.41 Å². The molecule has 25 heavy (non-hydrogen) atoms. The third-order valence-corrected chi connectivity index (χ3v) is 4.73. The normalized spacial score (nSPS) is 17.5. The van der Waals surface area contributed by atoms with E-state index in [1.807, 2.05) is 56.0 Å². The van der Waals surface area contributed by atoms with Crippen LogP contribution in [-0.2, 0) is 4.79 Å². The molecule has 1 fully saturated rings. The Kier molecular flexibility index (Phi) is 4.95. The molecule has 1 saturated heterocycles. The van der Waals surface area contributed by atoms with E-state index in [2.05, 4.69) is 16.8 Å². The molecule has 0 radical (unpaired) electrons. The van der Waals surface area contributed by atoms with Gasteiger partial charge in [-0.1, -0.05) is 51.1 Å². The van der Waals surface area contributed by atoms with Gasteiger partial charge >= 0.3 is 0 Å². The van der Waals surface area contributed by atoms with Crippen LogP contribution in [0.25, 0.3) is 11.3 Å². The summed E-state index contributed by atoms with van der Waals surface area (Å²) in [7, 11) is 0. The highest BCUT2D eigenvalue weighted by atomic mass is 16.4. The van der Waals surface area contributed by atoms with E-state index in [1.54, 1.807) is 6.20 Å². The van der Waals surface area contributed by atoms with E-state index in [9.17, 15) is 4.79 Å². The molecule has 1 amide bonds. The van der Waals surface area contributed by atoms with Crippen LogP contribution in [-0.4, -0.2) is 46.9 Å².